The first-order valence-corrected chi connectivity index (χ1v) is 9.61. The van der Waals surface area contributed by atoms with E-state index in [4.69, 9.17) is 0 Å². The molecule has 0 saturated heterocycles. The largest absolute Gasteiger partial charge is 0.322 e. The van der Waals surface area contributed by atoms with Gasteiger partial charge in [-0.1, -0.05) is 25.1 Å². The number of benzene rings is 2. The molecule has 140 valence electrons. The molecule has 4 aromatic rings. The zero-order chi connectivity index (χ0) is 19.7. The molecular formula is C21H16FN3O2S. The number of aryl methyl sites for hydroxylation is 1. The number of hydrogen-bond acceptors (Lipinski definition) is 4. The summed E-state index contributed by atoms with van der Waals surface area (Å²) in [6.07, 6.45) is 2.05. The molecule has 28 heavy (non-hydrogen) atoms. The normalized spacial score (nSPS) is 10.9. The first kappa shape index (κ1) is 18.1. The zero-order valence-electron chi connectivity index (χ0n) is 15.0. The Morgan fingerprint density at radius 1 is 1.18 bits per heavy atom. The van der Waals surface area contributed by atoms with Crippen LogP contribution in [0.5, 0.6) is 0 Å². The quantitative estimate of drug-likeness (QED) is 0.560. The summed E-state index contributed by atoms with van der Waals surface area (Å²) >= 11 is 1.28. The number of amides is 1. The van der Waals surface area contributed by atoms with Crippen molar-refractivity contribution in [1.82, 2.24) is 9.38 Å². The lowest BCUT2D eigenvalue weighted by Crippen LogP contribution is -2.26. The number of hydrogen-bond donors (Lipinski definition) is 1. The lowest BCUT2D eigenvalue weighted by molar-refractivity contribution is 0.102. The molecule has 4 rings (SSSR count). The van der Waals surface area contributed by atoms with Gasteiger partial charge in [-0.05, 0) is 47.9 Å². The van der Waals surface area contributed by atoms with E-state index in [-0.39, 0.29) is 11.4 Å². The van der Waals surface area contributed by atoms with Gasteiger partial charge in [0.2, 0.25) is 0 Å². The fourth-order valence-corrected chi connectivity index (χ4v) is 3.87. The van der Waals surface area contributed by atoms with E-state index < -0.39 is 11.5 Å². The topological polar surface area (TPSA) is 63.5 Å². The highest BCUT2D eigenvalue weighted by Gasteiger charge is 2.18. The summed E-state index contributed by atoms with van der Waals surface area (Å²) < 4.78 is 14.6. The average Bonchev–Trinajstić information content (AvgIpc) is 3.14. The highest BCUT2D eigenvalue weighted by molar-refractivity contribution is 7.15. The van der Waals surface area contributed by atoms with Crippen LogP contribution in [0.2, 0.25) is 0 Å². The second kappa shape index (κ2) is 7.36. The van der Waals surface area contributed by atoms with Gasteiger partial charge in [-0.2, -0.15) is 0 Å². The van der Waals surface area contributed by atoms with Gasteiger partial charge in [0.05, 0.1) is 5.69 Å². The molecular weight excluding hydrogens is 377 g/mol. The summed E-state index contributed by atoms with van der Waals surface area (Å²) in [6.45, 7) is 1.99. The van der Waals surface area contributed by atoms with Crippen LogP contribution in [0.15, 0.2) is 64.9 Å². The van der Waals surface area contributed by atoms with Gasteiger partial charge in [-0.15, -0.1) is 11.3 Å². The highest BCUT2D eigenvalue weighted by atomic mass is 32.1. The van der Waals surface area contributed by atoms with E-state index in [1.54, 1.807) is 23.6 Å². The van der Waals surface area contributed by atoms with E-state index in [1.807, 2.05) is 25.1 Å². The van der Waals surface area contributed by atoms with E-state index in [1.165, 1.54) is 34.1 Å². The van der Waals surface area contributed by atoms with Crippen LogP contribution in [0.1, 0.15) is 22.8 Å². The molecule has 0 atom stereocenters. The van der Waals surface area contributed by atoms with Gasteiger partial charge in [0.1, 0.15) is 11.4 Å². The second-order valence-corrected chi connectivity index (χ2v) is 7.02. The van der Waals surface area contributed by atoms with Crippen LogP contribution in [-0.4, -0.2) is 15.3 Å². The number of thiazole rings is 1. The number of nitrogens with zero attached hydrogens (tertiary/aromatic N) is 2. The summed E-state index contributed by atoms with van der Waals surface area (Å²) in [5, 5.41) is 4.57. The van der Waals surface area contributed by atoms with E-state index in [0.717, 1.165) is 12.0 Å². The number of carbonyl (C=O) groups is 1. The van der Waals surface area contributed by atoms with Crippen molar-refractivity contribution in [2.75, 3.05) is 5.32 Å². The Bertz CT molecular complexity index is 1230. The van der Waals surface area contributed by atoms with Crippen LogP contribution >= 0.6 is 11.3 Å². The number of rotatable bonds is 4. The average molecular weight is 393 g/mol. The molecule has 7 heteroatoms. The molecule has 0 unspecified atom stereocenters. The van der Waals surface area contributed by atoms with Gasteiger partial charge in [-0.3, -0.25) is 14.0 Å². The molecule has 1 N–H and O–H groups in total. The molecule has 2 heterocycles. The third-order valence-electron chi connectivity index (χ3n) is 4.48. The SMILES string of the molecule is CCc1ccccc1NC(=O)c1cnc2scc(-c3ccc(F)cc3)n2c1=O. The molecule has 1 amide bonds. The number of carbonyl (C=O) groups excluding carboxylic acids is 1. The first-order valence-electron chi connectivity index (χ1n) is 8.73. The highest BCUT2D eigenvalue weighted by Crippen LogP contribution is 2.24. The predicted molar refractivity (Wildman–Crippen MR) is 109 cm³/mol. The Morgan fingerprint density at radius 3 is 2.68 bits per heavy atom. The van der Waals surface area contributed by atoms with Gasteiger partial charge < -0.3 is 5.32 Å². The van der Waals surface area contributed by atoms with Crippen molar-refractivity contribution in [2.24, 2.45) is 0 Å². The molecule has 0 saturated carbocycles. The van der Waals surface area contributed by atoms with E-state index in [0.29, 0.717) is 21.9 Å². The first-order chi connectivity index (χ1) is 13.6. The van der Waals surface area contributed by atoms with Gasteiger partial charge in [-0.25, -0.2) is 9.37 Å². The lowest BCUT2D eigenvalue weighted by Gasteiger charge is -2.09. The third-order valence-corrected chi connectivity index (χ3v) is 5.32. The van der Waals surface area contributed by atoms with Crippen molar-refractivity contribution < 1.29 is 9.18 Å². The summed E-state index contributed by atoms with van der Waals surface area (Å²) in [4.78, 5) is 30.5. The summed E-state index contributed by atoms with van der Waals surface area (Å²) in [7, 11) is 0. The van der Waals surface area contributed by atoms with Crippen molar-refractivity contribution in [3.05, 3.63) is 87.4 Å². The molecule has 2 aromatic carbocycles. The van der Waals surface area contributed by atoms with Crippen LogP contribution < -0.4 is 10.9 Å². The fraction of sp³-hybridized carbons (Fsp3) is 0.0952. The molecule has 0 bridgehead atoms. The van der Waals surface area contributed by atoms with E-state index in [9.17, 15) is 14.0 Å². The van der Waals surface area contributed by atoms with E-state index in [2.05, 4.69) is 10.3 Å². The van der Waals surface area contributed by atoms with Crippen LogP contribution in [0.25, 0.3) is 16.2 Å². The number of halogens is 1. The monoisotopic (exact) mass is 393 g/mol. The number of fused-ring (bicyclic) bond motifs is 1. The van der Waals surface area contributed by atoms with Crippen LogP contribution in [-0.2, 0) is 6.42 Å². The van der Waals surface area contributed by atoms with Crippen molar-refractivity contribution in [1.29, 1.82) is 0 Å². The van der Waals surface area contributed by atoms with Gasteiger partial charge in [0.15, 0.2) is 4.96 Å². The molecule has 0 aliphatic heterocycles. The van der Waals surface area contributed by atoms with E-state index >= 15 is 0 Å². The maximum absolute atomic E-state index is 13.2. The lowest BCUT2D eigenvalue weighted by atomic mass is 10.1. The van der Waals surface area contributed by atoms with Gasteiger partial charge in [0, 0.05) is 17.3 Å². The van der Waals surface area contributed by atoms with Gasteiger partial charge in [0.25, 0.3) is 11.5 Å². The number of para-hydroxylation sites is 1. The smallest absolute Gasteiger partial charge is 0.271 e. The van der Waals surface area contributed by atoms with Crippen LogP contribution in [0.3, 0.4) is 0 Å². The second-order valence-electron chi connectivity index (χ2n) is 6.19. The molecule has 0 aliphatic rings. The standard InChI is InChI=1S/C21H16FN3O2S/c1-2-13-5-3-4-6-17(13)24-19(26)16-11-23-21-25(20(16)27)18(12-28-21)14-7-9-15(22)10-8-14/h3-12H,2H2,1H3,(H,24,26). The van der Waals surface area contributed by atoms with Crippen LogP contribution in [0.4, 0.5) is 10.1 Å². The molecule has 5 nitrogen and oxygen atoms in total. The fourth-order valence-electron chi connectivity index (χ4n) is 3.01. The maximum Gasteiger partial charge on any atom is 0.271 e. The molecule has 0 aliphatic carbocycles. The Kier molecular flexibility index (Phi) is 4.75. The predicted octanol–water partition coefficient (Wildman–Crippen LogP) is 4.38. The summed E-state index contributed by atoms with van der Waals surface area (Å²) in [5.74, 6) is -0.868. The minimum atomic E-state index is -0.510. The maximum atomic E-state index is 13.2. The van der Waals surface area contributed by atoms with Crippen molar-refractivity contribution in [3.63, 3.8) is 0 Å². The Hall–Kier alpha value is -3.32. The van der Waals surface area contributed by atoms with Gasteiger partial charge >= 0.3 is 0 Å². The molecule has 0 radical (unpaired) electrons. The minimum absolute atomic E-state index is 0.0508. The Morgan fingerprint density at radius 2 is 1.93 bits per heavy atom. The number of aromatic nitrogens is 2. The summed E-state index contributed by atoms with van der Waals surface area (Å²) in [6, 6.07) is 13.3. The molecule has 0 spiro atoms. The third kappa shape index (κ3) is 3.20. The molecule has 0 fully saturated rings. The van der Waals surface area contributed by atoms with Crippen molar-refractivity contribution in [2.45, 2.75) is 13.3 Å². The number of anilines is 1. The van der Waals surface area contributed by atoms with Crippen molar-refractivity contribution >= 4 is 27.9 Å². The minimum Gasteiger partial charge on any atom is -0.322 e. The molecule has 2 aromatic heterocycles. The zero-order valence-corrected chi connectivity index (χ0v) is 15.8. The van der Waals surface area contributed by atoms with Crippen molar-refractivity contribution in [3.8, 4) is 11.3 Å². The Labute approximate surface area is 164 Å². The Balaban J connectivity index is 1.77. The number of nitrogens with one attached hydrogen (secondary N) is 1. The van der Waals surface area contributed by atoms with Crippen LogP contribution in [0, 0.1) is 5.82 Å². The summed E-state index contributed by atoms with van der Waals surface area (Å²) in [5.41, 5.74) is 2.38.